The van der Waals surface area contributed by atoms with Gasteiger partial charge in [-0.05, 0) is 56.3 Å². The first kappa shape index (κ1) is 17.0. The molecule has 1 amide bonds. The van der Waals surface area contributed by atoms with Crippen molar-refractivity contribution >= 4 is 18.3 Å². The lowest BCUT2D eigenvalue weighted by Gasteiger charge is -2.32. The van der Waals surface area contributed by atoms with Gasteiger partial charge in [0, 0.05) is 32.8 Å². The molecule has 0 radical (unpaired) electrons. The quantitative estimate of drug-likeness (QED) is 0.863. The number of nitrogens with two attached hydrogens (primary N) is 1. The molecule has 21 heavy (non-hydrogen) atoms. The molecule has 0 aromatic heterocycles. The highest BCUT2D eigenvalue weighted by Gasteiger charge is 2.49. The summed E-state index contributed by atoms with van der Waals surface area (Å²) in [5.41, 5.74) is 6.28. The molecule has 2 aliphatic carbocycles. The Hall–Kier alpha value is -0.320. The number of amides is 1. The Labute approximate surface area is 134 Å². The van der Waals surface area contributed by atoms with Crippen molar-refractivity contribution < 1.29 is 9.53 Å². The van der Waals surface area contributed by atoms with E-state index in [2.05, 4.69) is 0 Å². The molecule has 0 spiro atoms. The number of halogens is 1. The van der Waals surface area contributed by atoms with Gasteiger partial charge in [-0.1, -0.05) is 0 Å². The third-order valence-corrected chi connectivity index (χ3v) is 5.86. The van der Waals surface area contributed by atoms with E-state index in [9.17, 15) is 4.79 Å². The Bertz CT molecular complexity index is 358. The molecule has 3 aliphatic rings. The van der Waals surface area contributed by atoms with Crippen LogP contribution in [0.5, 0.6) is 0 Å². The third-order valence-electron chi connectivity index (χ3n) is 5.86. The van der Waals surface area contributed by atoms with E-state index in [1.807, 2.05) is 11.9 Å². The monoisotopic (exact) mass is 316 g/mol. The number of fused-ring (bicyclic) bond motifs is 2. The highest BCUT2D eigenvalue weighted by Crippen LogP contribution is 2.48. The van der Waals surface area contributed by atoms with Crippen molar-refractivity contribution in [3.63, 3.8) is 0 Å². The maximum atomic E-state index is 12.6. The topological polar surface area (TPSA) is 55.6 Å². The van der Waals surface area contributed by atoms with Gasteiger partial charge in [0.2, 0.25) is 5.91 Å². The zero-order valence-corrected chi connectivity index (χ0v) is 13.8. The van der Waals surface area contributed by atoms with Crippen molar-refractivity contribution in [3.8, 4) is 0 Å². The predicted octanol–water partition coefficient (Wildman–Crippen LogP) is 2.06. The number of ether oxygens (including phenoxy) is 1. The molecule has 5 heteroatoms. The van der Waals surface area contributed by atoms with E-state index in [4.69, 9.17) is 10.5 Å². The molecule has 1 aliphatic heterocycles. The van der Waals surface area contributed by atoms with Crippen LogP contribution >= 0.6 is 12.4 Å². The molecular weight excluding hydrogens is 288 g/mol. The second-order valence-corrected chi connectivity index (χ2v) is 7.04. The van der Waals surface area contributed by atoms with Crippen LogP contribution in [-0.2, 0) is 9.53 Å². The Morgan fingerprint density at radius 3 is 2.48 bits per heavy atom. The highest BCUT2D eigenvalue weighted by atomic mass is 35.5. The van der Waals surface area contributed by atoms with Gasteiger partial charge >= 0.3 is 0 Å². The fourth-order valence-corrected chi connectivity index (χ4v) is 4.48. The van der Waals surface area contributed by atoms with Crippen molar-refractivity contribution in [1.82, 2.24) is 4.90 Å². The molecule has 3 fully saturated rings. The van der Waals surface area contributed by atoms with Crippen molar-refractivity contribution in [1.29, 1.82) is 0 Å². The van der Waals surface area contributed by atoms with E-state index >= 15 is 0 Å². The fourth-order valence-electron chi connectivity index (χ4n) is 4.48. The average Bonchev–Trinajstić information content (AvgIpc) is 3.06. The molecule has 1 heterocycles. The number of carbonyl (C=O) groups excluding carboxylic acids is 1. The Balaban J connectivity index is 0.00000161. The van der Waals surface area contributed by atoms with Crippen LogP contribution in [0.1, 0.15) is 38.5 Å². The lowest BCUT2D eigenvalue weighted by atomic mass is 9.84. The molecule has 0 aromatic carbocycles. The summed E-state index contributed by atoms with van der Waals surface area (Å²) in [7, 11) is 1.96. The molecule has 3 rings (SSSR count). The lowest BCUT2D eigenvalue weighted by molar-refractivity contribution is -0.136. The van der Waals surface area contributed by atoms with Crippen LogP contribution in [0, 0.1) is 23.7 Å². The third kappa shape index (κ3) is 3.54. The summed E-state index contributed by atoms with van der Waals surface area (Å²) in [5, 5.41) is 0. The molecule has 4 atom stereocenters. The van der Waals surface area contributed by atoms with Crippen molar-refractivity contribution in [3.05, 3.63) is 0 Å². The van der Waals surface area contributed by atoms with Crippen LogP contribution < -0.4 is 5.73 Å². The Kier molecular flexibility index (Phi) is 5.92. The first-order chi connectivity index (χ1) is 9.66. The van der Waals surface area contributed by atoms with E-state index in [1.54, 1.807) is 0 Å². The number of rotatable bonds is 4. The second kappa shape index (κ2) is 7.30. The fraction of sp³-hybridized carbons (Fsp3) is 0.938. The summed E-state index contributed by atoms with van der Waals surface area (Å²) < 4.78 is 5.39. The van der Waals surface area contributed by atoms with Crippen LogP contribution in [0.15, 0.2) is 0 Å². The molecule has 2 saturated carbocycles. The van der Waals surface area contributed by atoms with Gasteiger partial charge in [0.05, 0.1) is 5.92 Å². The van der Waals surface area contributed by atoms with Crippen LogP contribution in [0.25, 0.3) is 0 Å². The summed E-state index contributed by atoms with van der Waals surface area (Å²) in [6.07, 6.45) is 7.04. The zero-order valence-electron chi connectivity index (χ0n) is 13.0. The Morgan fingerprint density at radius 2 is 1.86 bits per heavy atom. The molecule has 2 N–H and O–H groups in total. The van der Waals surface area contributed by atoms with Crippen molar-refractivity contribution in [2.75, 3.05) is 26.8 Å². The SMILES string of the molecule is CN(CCC1CCOCC1)C(=O)C1C2CCC(C2)C1N.Cl. The van der Waals surface area contributed by atoms with Crippen LogP contribution in [0.4, 0.5) is 0 Å². The minimum atomic E-state index is 0. The van der Waals surface area contributed by atoms with E-state index in [1.165, 1.54) is 19.3 Å². The van der Waals surface area contributed by atoms with Gasteiger partial charge in [-0.15, -0.1) is 12.4 Å². The largest absolute Gasteiger partial charge is 0.381 e. The highest BCUT2D eigenvalue weighted by molar-refractivity contribution is 5.85. The summed E-state index contributed by atoms with van der Waals surface area (Å²) in [6.45, 7) is 2.66. The molecule has 1 saturated heterocycles. The summed E-state index contributed by atoms with van der Waals surface area (Å²) >= 11 is 0. The second-order valence-electron chi connectivity index (χ2n) is 7.04. The van der Waals surface area contributed by atoms with E-state index in [0.717, 1.165) is 44.9 Å². The zero-order chi connectivity index (χ0) is 14.1. The minimum Gasteiger partial charge on any atom is -0.381 e. The molecule has 4 nitrogen and oxygen atoms in total. The molecule has 0 aromatic rings. The predicted molar refractivity (Wildman–Crippen MR) is 85.3 cm³/mol. The number of carbonyl (C=O) groups is 1. The molecule has 4 unspecified atom stereocenters. The summed E-state index contributed by atoms with van der Waals surface area (Å²) in [6, 6.07) is 0.117. The van der Waals surface area contributed by atoms with E-state index in [0.29, 0.717) is 17.7 Å². The number of nitrogens with zero attached hydrogens (tertiary/aromatic N) is 1. The number of hydrogen-bond acceptors (Lipinski definition) is 3. The number of hydrogen-bond donors (Lipinski definition) is 1. The molecular formula is C16H29ClN2O2. The van der Waals surface area contributed by atoms with Gasteiger partial charge < -0.3 is 15.4 Å². The minimum absolute atomic E-state index is 0. The van der Waals surface area contributed by atoms with Crippen LogP contribution in [-0.4, -0.2) is 43.7 Å². The first-order valence-electron chi connectivity index (χ1n) is 8.25. The molecule has 2 bridgehead atoms. The van der Waals surface area contributed by atoms with Gasteiger partial charge in [-0.25, -0.2) is 0 Å². The standard InChI is InChI=1S/C16H28N2O2.ClH/c1-18(7-4-11-5-8-20-9-6-11)16(19)14-12-2-3-13(10-12)15(14)17;/h11-15H,2-10,17H2,1H3;1H. The van der Waals surface area contributed by atoms with Gasteiger partial charge in [0.1, 0.15) is 0 Å². The molecule has 122 valence electrons. The normalized spacial score (nSPS) is 35.5. The van der Waals surface area contributed by atoms with Gasteiger partial charge in [0.15, 0.2) is 0 Å². The summed E-state index contributed by atoms with van der Waals surface area (Å²) in [4.78, 5) is 14.6. The first-order valence-corrected chi connectivity index (χ1v) is 8.25. The van der Waals surface area contributed by atoms with Gasteiger partial charge in [0.25, 0.3) is 0 Å². The Morgan fingerprint density at radius 1 is 1.19 bits per heavy atom. The van der Waals surface area contributed by atoms with Crippen LogP contribution in [0.3, 0.4) is 0 Å². The average molecular weight is 317 g/mol. The smallest absolute Gasteiger partial charge is 0.227 e. The van der Waals surface area contributed by atoms with E-state index < -0.39 is 0 Å². The van der Waals surface area contributed by atoms with Gasteiger partial charge in [-0.2, -0.15) is 0 Å². The maximum Gasteiger partial charge on any atom is 0.227 e. The maximum absolute atomic E-state index is 12.6. The van der Waals surface area contributed by atoms with Gasteiger partial charge in [-0.3, -0.25) is 4.79 Å². The van der Waals surface area contributed by atoms with E-state index in [-0.39, 0.29) is 24.4 Å². The lowest BCUT2D eigenvalue weighted by Crippen LogP contribution is -2.46. The van der Waals surface area contributed by atoms with Crippen molar-refractivity contribution in [2.45, 2.75) is 44.6 Å². The van der Waals surface area contributed by atoms with Crippen molar-refractivity contribution in [2.24, 2.45) is 29.4 Å². The van der Waals surface area contributed by atoms with Crippen LogP contribution in [0.2, 0.25) is 0 Å². The summed E-state index contributed by atoms with van der Waals surface area (Å²) in [5.74, 6) is 2.31.